The fourth-order valence-electron chi connectivity index (χ4n) is 2.27. The van der Waals surface area contributed by atoms with Crippen LogP contribution in [0.3, 0.4) is 0 Å². The molecule has 1 heterocycles. The van der Waals surface area contributed by atoms with Gasteiger partial charge in [0.25, 0.3) is 0 Å². The molecule has 6 nitrogen and oxygen atoms in total. The molecule has 21 heavy (non-hydrogen) atoms. The van der Waals surface area contributed by atoms with Crippen molar-refractivity contribution in [2.45, 2.75) is 12.8 Å². The number of amidine groups is 1. The van der Waals surface area contributed by atoms with Crippen molar-refractivity contribution in [2.75, 3.05) is 18.4 Å². The van der Waals surface area contributed by atoms with Crippen LogP contribution in [0.2, 0.25) is 0 Å². The number of amides is 2. The highest BCUT2D eigenvalue weighted by Crippen LogP contribution is 2.19. The van der Waals surface area contributed by atoms with Crippen LogP contribution in [0.1, 0.15) is 12.8 Å². The zero-order valence-corrected chi connectivity index (χ0v) is 11.2. The zero-order valence-electron chi connectivity index (χ0n) is 11.2. The third-order valence-electron chi connectivity index (χ3n) is 3.42. The molecule has 4 N–H and O–H groups in total. The first-order chi connectivity index (χ1) is 10.0. The Morgan fingerprint density at radius 2 is 2.24 bits per heavy atom. The molecule has 0 radical (unpaired) electrons. The van der Waals surface area contributed by atoms with E-state index in [1.165, 1.54) is 4.90 Å². The molecule has 1 saturated heterocycles. The van der Waals surface area contributed by atoms with Gasteiger partial charge in [0.2, 0.25) is 0 Å². The summed E-state index contributed by atoms with van der Waals surface area (Å²) in [6.45, 7) is 0.772. The highest BCUT2D eigenvalue weighted by atomic mass is 19.1. The molecule has 0 saturated carbocycles. The molecule has 1 fully saturated rings. The highest BCUT2D eigenvalue weighted by Gasteiger charge is 2.26. The molecule has 8 heteroatoms. The van der Waals surface area contributed by atoms with E-state index in [0.717, 1.165) is 12.1 Å². The number of nitrogens with one attached hydrogen (secondary N) is 1. The number of benzene rings is 1. The molecule has 1 unspecified atom stereocenters. The molecule has 1 atom stereocenters. The van der Waals surface area contributed by atoms with Crippen LogP contribution < -0.4 is 11.1 Å². The van der Waals surface area contributed by atoms with Crippen LogP contribution >= 0.6 is 0 Å². The second-order valence-electron chi connectivity index (χ2n) is 4.86. The maximum Gasteiger partial charge on any atom is 0.321 e. The van der Waals surface area contributed by atoms with Gasteiger partial charge in [-0.15, -0.1) is 0 Å². The lowest BCUT2D eigenvalue weighted by Crippen LogP contribution is -2.45. The molecule has 114 valence electrons. The van der Waals surface area contributed by atoms with Gasteiger partial charge >= 0.3 is 6.03 Å². The molecule has 1 aromatic carbocycles. The summed E-state index contributed by atoms with van der Waals surface area (Å²) in [5.74, 6) is -1.71. The van der Waals surface area contributed by atoms with Crippen molar-refractivity contribution >= 4 is 17.6 Å². The second kappa shape index (κ2) is 6.38. The zero-order chi connectivity index (χ0) is 15.4. The van der Waals surface area contributed by atoms with Crippen LogP contribution in [-0.2, 0) is 0 Å². The highest BCUT2D eigenvalue weighted by molar-refractivity contribution is 5.90. The Bertz CT molecular complexity index is 565. The number of hydrogen-bond acceptors (Lipinski definition) is 3. The van der Waals surface area contributed by atoms with Gasteiger partial charge in [0.15, 0.2) is 0 Å². The third kappa shape index (κ3) is 3.59. The lowest BCUT2D eigenvalue weighted by atomic mass is 9.97. The van der Waals surface area contributed by atoms with Crippen LogP contribution in [0.25, 0.3) is 0 Å². The van der Waals surface area contributed by atoms with Gasteiger partial charge in [-0.2, -0.15) is 0 Å². The first-order valence-electron chi connectivity index (χ1n) is 6.49. The lowest BCUT2D eigenvalue weighted by molar-refractivity contribution is 0.189. The van der Waals surface area contributed by atoms with Crippen molar-refractivity contribution in [3.05, 3.63) is 29.8 Å². The SMILES string of the molecule is NC(=NO)C1CCCN(C(=O)Nc2ccc(F)cc2F)C1. The Labute approximate surface area is 120 Å². The van der Waals surface area contributed by atoms with E-state index in [1.807, 2.05) is 0 Å². The number of piperidine rings is 1. The predicted octanol–water partition coefficient (Wildman–Crippen LogP) is 1.96. The Morgan fingerprint density at radius 1 is 1.48 bits per heavy atom. The molecule has 2 rings (SSSR count). The van der Waals surface area contributed by atoms with Crippen molar-refractivity contribution in [3.63, 3.8) is 0 Å². The van der Waals surface area contributed by atoms with E-state index >= 15 is 0 Å². The molecule has 2 amide bonds. The van der Waals surface area contributed by atoms with E-state index in [-0.39, 0.29) is 24.0 Å². The molecule has 0 bridgehead atoms. The van der Waals surface area contributed by atoms with Crippen LogP contribution in [-0.4, -0.2) is 35.1 Å². The van der Waals surface area contributed by atoms with E-state index in [4.69, 9.17) is 10.9 Å². The van der Waals surface area contributed by atoms with E-state index in [2.05, 4.69) is 10.5 Å². The molecular weight excluding hydrogens is 282 g/mol. The van der Waals surface area contributed by atoms with Crippen LogP contribution in [0.4, 0.5) is 19.3 Å². The quantitative estimate of drug-likeness (QED) is 0.337. The van der Waals surface area contributed by atoms with E-state index in [0.29, 0.717) is 25.5 Å². The van der Waals surface area contributed by atoms with Gasteiger partial charge in [-0.05, 0) is 25.0 Å². The number of rotatable bonds is 2. The van der Waals surface area contributed by atoms with Crippen molar-refractivity contribution < 1.29 is 18.8 Å². The Kier molecular flexibility index (Phi) is 4.56. The number of nitrogens with two attached hydrogens (primary N) is 1. The summed E-state index contributed by atoms with van der Waals surface area (Å²) in [7, 11) is 0. The monoisotopic (exact) mass is 298 g/mol. The molecule has 0 aromatic heterocycles. The number of halogens is 2. The van der Waals surface area contributed by atoms with E-state index in [9.17, 15) is 13.6 Å². The summed E-state index contributed by atoms with van der Waals surface area (Å²) >= 11 is 0. The largest absolute Gasteiger partial charge is 0.409 e. The van der Waals surface area contributed by atoms with Crippen molar-refractivity contribution in [1.29, 1.82) is 0 Å². The molecule has 1 aliphatic rings. The van der Waals surface area contributed by atoms with Gasteiger partial charge in [-0.1, -0.05) is 5.16 Å². The number of nitrogens with zero attached hydrogens (tertiary/aromatic N) is 2. The first kappa shape index (κ1) is 15.0. The number of hydrogen-bond donors (Lipinski definition) is 3. The topological polar surface area (TPSA) is 91.0 Å². The smallest absolute Gasteiger partial charge is 0.321 e. The number of urea groups is 1. The first-order valence-corrected chi connectivity index (χ1v) is 6.49. The van der Waals surface area contributed by atoms with E-state index in [1.54, 1.807) is 0 Å². The maximum atomic E-state index is 13.5. The number of carbonyl (C=O) groups excluding carboxylic acids is 1. The minimum atomic E-state index is -0.839. The minimum Gasteiger partial charge on any atom is -0.409 e. The molecule has 1 aliphatic heterocycles. The van der Waals surface area contributed by atoms with Crippen LogP contribution in [0, 0.1) is 17.6 Å². The number of oxime groups is 1. The Morgan fingerprint density at radius 3 is 2.90 bits per heavy atom. The summed E-state index contributed by atoms with van der Waals surface area (Å²) in [6, 6.07) is 2.42. The molecular formula is C13H16F2N4O2. The van der Waals surface area contributed by atoms with Gasteiger partial charge in [-0.3, -0.25) is 0 Å². The fraction of sp³-hybridized carbons (Fsp3) is 0.385. The third-order valence-corrected chi connectivity index (χ3v) is 3.42. The standard InChI is InChI=1S/C13H16F2N4O2/c14-9-3-4-11(10(15)6-9)17-13(20)19-5-1-2-8(7-19)12(16)18-21/h3-4,6,8,21H,1-2,5,7H2,(H2,16,18)(H,17,20). The van der Waals surface area contributed by atoms with Gasteiger partial charge < -0.3 is 21.2 Å². The fourth-order valence-corrected chi connectivity index (χ4v) is 2.27. The van der Waals surface area contributed by atoms with Gasteiger partial charge in [-0.25, -0.2) is 13.6 Å². The Balaban J connectivity index is 2.03. The summed E-state index contributed by atoms with van der Waals surface area (Å²) in [4.78, 5) is 13.5. The van der Waals surface area contributed by atoms with E-state index < -0.39 is 17.7 Å². The van der Waals surface area contributed by atoms with Crippen molar-refractivity contribution in [3.8, 4) is 0 Å². The molecule has 0 spiro atoms. The maximum absolute atomic E-state index is 13.5. The van der Waals surface area contributed by atoms with Crippen molar-refractivity contribution in [2.24, 2.45) is 16.8 Å². The normalized spacial score (nSPS) is 19.4. The average Bonchev–Trinajstić information content (AvgIpc) is 2.49. The van der Waals surface area contributed by atoms with Gasteiger partial charge in [0.1, 0.15) is 17.5 Å². The second-order valence-corrected chi connectivity index (χ2v) is 4.86. The summed E-state index contributed by atoms with van der Waals surface area (Å²) in [5.41, 5.74) is 5.45. The average molecular weight is 298 g/mol. The Hall–Kier alpha value is -2.38. The predicted molar refractivity (Wildman–Crippen MR) is 73.1 cm³/mol. The van der Waals surface area contributed by atoms with Crippen molar-refractivity contribution in [1.82, 2.24) is 4.90 Å². The lowest BCUT2D eigenvalue weighted by Gasteiger charge is -2.32. The van der Waals surface area contributed by atoms with Crippen LogP contribution in [0.15, 0.2) is 23.4 Å². The molecule has 0 aliphatic carbocycles. The van der Waals surface area contributed by atoms with Crippen LogP contribution in [0.5, 0.6) is 0 Å². The summed E-state index contributed by atoms with van der Waals surface area (Å²) < 4.78 is 26.3. The molecule has 1 aromatic rings. The van der Waals surface area contributed by atoms with Gasteiger partial charge in [0, 0.05) is 25.1 Å². The minimum absolute atomic E-state index is 0.0699. The number of likely N-dealkylation sites (tertiary alicyclic amines) is 1. The summed E-state index contributed by atoms with van der Waals surface area (Å²) in [5, 5.41) is 14.0. The number of carbonyl (C=O) groups is 1. The van der Waals surface area contributed by atoms with Gasteiger partial charge in [0.05, 0.1) is 5.69 Å². The summed E-state index contributed by atoms with van der Waals surface area (Å²) in [6.07, 6.45) is 1.41. The number of anilines is 1.